The molecule has 0 spiro atoms. The smallest absolute Gasteiger partial charge is 0.229 e. The standard InChI is InChI=1S/C20H23N3O5S/c1-13-4-7-16(8-5-13)23-12-14(10-19(23)24)20(25)21-15-6-9-17(18(11-15)28-2)22-29(3,26)27/h4-9,11,14,22H,10,12H2,1-3H3,(H,21,25). The molecule has 0 radical (unpaired) electrons. The average Bonchev–Trinajstić information content (AvgIpc) is 3.04. The minimum atomic E-state index is -3.46. The van der Waals surface area contributed by atoms with Crippen LogP contribution in [0.3, 0.4) is 0 Å². The Balaban J connectivity index is 1.70. The summed E-state index contributed by atoms with van der Waals surface area (Å²) in [5, 5.41) is 2.78. The molecule has 9 heteroatoms. The van der Waals surface area contributed by atoms with E-state index in [1.165, 1.54) is 19.2 Å². The highest BCUT2D eigenvalue weighted by molar-refractivity contribution is 7.92. The van der Waals surface area contributed by atoms with Crippen LogP contribution in [0.5, 0.6) is 5.75 Å². The molecule has 1 heterocycles. The number of nitrogens with zero attached hydrogens (tertiary/aromatic N) is 1. The lowest BCUT2D eigenvalue weighted by Gasteiger charge is -2.17. The Bertz CT molecular complexity index is 1030. The molecule has 29 heavy (non-hydrogen) atoms. The number of carbonyl (C=O) groups is 2. The van der Waals surface area contributed by atoms with Crippen LogP contribution >= 0.6 is 0 Å². The van der Waals surface area contributed by atoms with Crippen molar-refractivity contribution in [2.24, 2.45) is 5.92 Å². The number of aryl methyl sites for hydroxylation is 1. The molecule has 154 valence electrons. The van der Waals surface area contributed by atoms with Gasteiger partial charge in [0.15, 0.2) is 0 Å². The van der Waals surface area contributed by atoms with Crippen LogP contribution in [0, 0.1) is 12.8 Å². The summed E-state index contributed by atoms with van der Waals surface area (Å²) in [7, 11) is -2.05. The van der Waals surface area contributed by atoms with Crippen LogP contribution in [0.2, 0.25) is 0 Å². The van der Waals surface area contributed by atoms with Crippen LogP contribution in [-0.2, 0) is 19.6 Å². The summed E-state index contributed by atoms with van der Waals surface area (Å²) in [6.45, 7) is 2.27. The maximum absolute atomic E-state index is 12.7. The van der Waals surface area contributed by atoms with E-state index in [1.54, 1.807) is 11.0 Å². The van der Waals surface area contributed by atoms with Crippen molar-refractivity contribution >= 4 is 38.9 Å². The molecule has 2 aromatic rings. The summed E-state index contributed by atoms with van der Waals surface area (Å²) >= 11 is 0. The van der Waals surface area contributed by atoms with Gasteiger partial charge in [-0.3, -0.25) is 14.3 Å². The Morgan fingerprint density at radius 3 is 2.48 bits per heavy atom. The first-order valence-electron chi connectivity index (χ1n) is 9.00. The fourth-order valence-corrected chi connectivity index (χ4v) is 3.72. The summed E-state index contributed by atoms with van der Waals surface area (Å²) in [5.74, 6) is -0.584. The number of nitrogens with one attached hydrogen (secondary N) is 2. The molecule has 2 amide bonds. The summed E-state index contributed by atoms with van der Waals surface area (Å²) < 4.78 is 30.4. The lowest BCUT2D eigenvalue weighted by molar-refractivity contribution is -0.122. The second-order valence-electron chi connectivity index (χ2n) is 7.02. The van der Waals surface area contributed by atoms with Gasteiger partial charge in [0.25, 0.3) is 0 Å². The molecular weight excluding hydrogens is 394 g/mol. The van der Waals surface area contributed by atoms with Crippen molar-refractivity contribution in [2.75, 3.05) is 34.8 Å². The van der Waals surface area contributed by atoms with Gasteiger partial charge in [-0.1, -0.05) is 17.7 Å². The predicted molar refractivity (Wildman–Crippen MR) is 112 cm³/mol. The molecule has 0 aliphatic carbocycles. The second-order valence-corrected chi connectivity index (χ2v) is 8.77. The topological polar surface area (TPSA) is 105 Å². The molecular formula is C20H23N3O5S. The van der Waals surface area contributed by atoms with E-state index in [4.69, 9.17) is 4.74 Å². The molecule has 1 atom stereocenters. The molecule has 8 nitrogen and oxygen atoms in total. The number of sulfonamides is 1. The third kappa shape index (κ3) is 5.05. The maximum Gasteiger partial charge on any atom is 0.229 e. The van der Waals surface area contributed by atoms with Gasteiger partial charge >= 0.3 is 0 Å². The molecule has 1 aliphatic rings. The van der Waals surface area contributed by atoms with E-state index in [-0.39, 0.29) is 29.7 Å². The minimum Gasteiger partial charge on any atom is -0.494 e. The van der Waals surface area contributed by atoms with Gasteiger partial charge in [0.05, 0.1) is 25.0 Å². The number of rotatable bonds is 6. The van der Waals surface area contributed by atoms with Crippen LogP contribution in [0.1, 0.15) is 12.0 Å². The number of anilines is 3. The molecule has 2 N–H and O–H groups in total. The Kier molecular flexibility index (Phi) is 5.78. The van der Waals surface area contributed by atoms with E-state index < -0.39 is 15.9 Å². The third-order valence-corrected chi connectivity index (χ3v) is 5.20. The summed E-state index contributed by atoms with van der Waals surface area (Å²) in [4.78, 5) is 26.6. The van der Waals surface area contributed by atoms with E-state index in [2.05, 4.69) is 10.0 Å². The van der Waals surface area contributed by atoms with Crippen molar-refractivity contribution in [3.8, 4) is 5.75 Å². The van der Waals surface area contributed by atoms with Gasteiger partial charge in [-0.05, 0) is 31.2 Å². The third-order valence-electron chi connectivity index (χ3n) is 4.61. The zero-order valence-electron chi connectivity index (χ0n) is 16.4. The largest absolute Gasteiger partial charge is 0.494 e. The van der Waals surface area contributed by atoms with E-state index in [1.807, 2.05) is 31.2 Å². The zero-order valence-corrected chi connectivity index (χ0v) is 17.2. The maximum atomic E-state index is 12.7. The number of hydrogen-bond acceptors (Lipinski definition) is 5. The van der Waals surface area contributed by atoms with Crippen molar-refractivity contribution < 1.29 is 22.7 Å². The Morgan fingerprint density at radius 2 is 1.86 bits per heavy atom. The van der Waals surface area contributed by atoms with Crippen molar-refractivity contribution in [1.29, 1.82) is 0 Å². The normalized spacial score (nSPS) is 16.6. The van der Waals surface area contributed by atoms with Crippen LogP contribution in [0.4, 0.5) is 17.1 Å². The van der Waals surface area contributed by atoms with Crippen molar-refractivity contribution in [3.05, 3.63) is 48.0 Å². The summed E-state index contributed by atoms with van der Waals surface area (Å²) in [5.41, 5.74) is 2.59. The van der Waals surface area contributed by atoms with Gasteiger partial charge in [-0.15, -0.1) is 0 Å². The van der Waals surface area contributed by atoms with Crippen LogP contribution in [0.15, 0.2) is 42.5 Å². The predicted octanol–water partition coefficient (Wildman–Crippen LogP) is 2.37. The average molecular weight is 417 g/mol. The van der Waals surface area contributed by atoms with Crippen LogP contribution < -0.4 is 19.7 Å². The van der Waals surface area contributed by atoms with Crippen LogP contribution in [-0.4, -0.2) is 40.1 Å². The molecule has 0 saturated carbocycles. The van der Waals surface area contributed by atoms with Crippen molar-refractivity contribution in [1.82, 2.24) is 0 Å². The van der Waals surface area contributed by atoms with E-state index in [9.17, 15) is 18.0 Å². The Labute approximate surface area is 169 Å². The van der Waals surface area contributed by atoms with Crippen molar-refractivity contribution in [3.63, 3.8) is 0 Å². The molecule has 0 bridgehead atoms. The van der Waals surface area contributed by atoms with Gasteiger partial charge in [-0.2, -0.15) is 0 Å². The quantitative estimate of drug-likeness (QED) is 0.751. The highest BCUT2D eigenvalue weighted by Gasteiger charge is 2.35. The lowest BCUT2D eigenvalue weighted by atomic mass is 10.1. The zero-order chi connectivity index (χ0) is 21.2. The van der Waals surface area contributed by atoms with Gasteiger partial charge in [-0.25, -0.2) is 8.42 Å². The number of hydrogen-bond donors (Lipinski definition) is 2. The highest BCUT2D eigenvalue weighted by Crippen LogP contribution is 2.30. The van der Waals surface area contributed by atoms with E-state index in [0.29, 0.717) is 12.2 Å². The Hall–Kier alpha value is -3.07. The number of carbonyl (C=O) groups excluding carboxylic acids is 2. The first-order chi connectivity index (χ1) is 13.7. The Morgan fingerprint density at radius 1 is 1.17 bits per heavy atom. The number of amides is 2. The first-order valence-corrected chi connectivity index (χ1v) is 10.9. The lowest BCUT2D eigenvalue weighted by Crippen LogP contribution is -2.28. The molecule has 1 fully saturated rings. The van der Waals surface area contributed by atoms with Gasteiger partial charge in [0.1, 0.15) is 5.75 Å². The van der Waals surface area contributed by atoms with Gasteiger partial charge in [0.2, 0.25) is 21.8 Å². The second kappa shape index (κ2) is 8.12. The molecule has 0 aromatic heterocycles. The SMILES string of the molecule is COc1cc(NC(=O)C2CC(=O)N(c3ccc(C)cc3)C2)ccc1NS(C)(=O)=O. The summed E-state index contributed by atoms with van der Waals surface area (Å²) in [6.07, 6.45) is 1.17. The van der Waals surface area contributed by atoms with E-state index >= 15 is 0 Å². The molecule has 2 aromatic carbocycles. The highest BCUT2D eigenvalue weighted by atomic mass is 32.2. The van der Waals surface area contributed by atoms with Crippen LogP contribution in [0.25, 0.3) is 0 Å². The number of benzene rings is 2. The van der Waals surface area contributed by atoms with Crippen molar-refractivity contribution in [2.45, 2.75) is 13.3 Å². The van der Waals surface area contributed by atoms with Gasteiger partial charge < -0.3 is 15.0 Å². The molecule has 1 aliphatic heterocycles. The fraction of sp³-hybridized carbons (Fsp3) is 0.300. The van der Waals surface area contributed by atoms with Gasteiger partial charge in [0, 0.05) is 30.4 Å². The fourth-order valence-electron chi connectivity index (χ4n) is 3.15. The molecule has 1 unspecified atom stereocenters. The minimum absolute atomic E-state index is 0.0979. The molecule has 3 rings (SSSR count). The monoisotopic (exact) mass is 417 g/mol. The van der Waals surface area contributed by atoms with E-state index in [0.717, 1.165) is 17.5 Å². The number of ether oxygens (including phenoxy) is 1. The molecule has 1 saturated heterocycles. The summed E-state index contributed by atoms with van der Waals surface area (Å²) in [6, 6.07) is 12.2. The first kappa shape index (κ1) is 20.7. The number of methoxy groups -OCH3 is 1.